The molecule has 1 aromatic heterocycles. The first-order valence-corrected chi connectivity index (χ1v) is 7.95. The van der Waals surface area contributed by atoms with E-state index < -0.39 is 5.82 Å². The third-order valence-corrected chi connectivity index (χ3v) is 3.96. The number of carbonyl (C=O) groups excluding carboxylic acids is 1. The number of aromatic nitrogens is 1. The van der Waals surface area contributed by atoms with Gasteiger partial charge in [-0.05, 0) is 55.0 Å². The van der Waals surface area contributed by atoms with Crippen LogP contribution in [0.4, 0.5) is 21.6 Å². The second kappa shape index (κ2) is 7.32. The number of anilines is 3. The third kappa shape index (κ3) is 4.33. The Hall–Kier alpha value is -2.92. The fourth-order valence-electron chi connectivity index (χ4n) is 2.19. The Morgan fingerprint density at radius 2 is 1.92 bits per heavy atom. The Morgan fingerprint density at radius 1 is 1.08 bits per heavy atom. The van der Waals surface area contributed by atoms with Crippen molar-refractivity contribution in [1.29, 1.82) is 0 Å². The SMILES string of the molecule is Cc1ccc(Nc2ccc(C(=O)Nc3cccc(F)c3)cn2)cc1Cl. The van der Waals surface area contributed by atoms with Gasteiger partial charge in [-0.3, -0.25) is 4.79 Å². The summed E-state index contributed by atoms with van der Waals surface area (Å²) < 4.78 is 13.2. The van der Waals surface area contributed by atoms with Crippen LogP contribution in [-0.2, 0) is 0 Å². The van der Waals surface area contributed by atoms with Gasteiger partial charge in [0.1, 0.15) is 11.6 Å². The highest BCUT2D eigenvalue weighted by Gasteiger charge is 2.08. The van der Waals surface area contributed by atoms with Gasteiger partial charge in [0.05, 0.1) is 5.56 Å². The second-order valence-electron chi connectivity index (χ2n) is 5.49. The lowest BCUT2D eigenvalue weighted by Crippen LogP contribution is -2.12. The lowest BCUT2D eigenvalue weighted by atomic mass is 10.2. The molecule has 1 heterocycles. The van der Waals surface area contributed by atoms with Crippen LogP contribution in [0.25, 0.3) is 0 Å². The molecule has 0 saturated heterocycles. The molecular formula is C19H15ClFN3O. The van der Waals surface area contributed by atoms with Crippen molar-refractivity contribution in [3.05, 3.63) is 82.8 Å². The van der Waals surface area contributed by atoms with Crippen molar-refractivity contribution in [2.75, 3.05) is 10.6 Å². The van der Waals surface area contributed by atoms with Gasteiger partial charge in [-0.25, -0.2) is 9.37 Å². The summed E-state index contributed by atoms with van der Waals surface area (Å²) in [5, 5.41) is 6.41. The Labute approximate surface area is 149 Å². The summed E-state index contributed by atoms with van der Waals surface area (Å²) in [7, 11) is 0. The fraction of sp³-hybridized carbons (Fsp3) is 0.0526. The molecule has 1 amide bonds. The molecule has 0 atom stereocenters. The van der Waals surface area contributed by atoms with Gasteiger partial charge in [0.15, 0.2) is 0 Å². The minimum absolute atomic E-state index is 0.358. The Kier molecular flexibility index (Phi) is 4.95. The van der Waals surface area contributed by atoms with E-state index in [0.717, 1.165) is 11.3 Å². The number of rotatable bonds is 4. The minimum Gasteiger partial charge on any atom is -0.340 e. The van der Waals surface area contributed by atoms with Crippen LogP contribution in [0.3, 0.4) is 0 Å². The van der Waals surface area contributed by atoms with E-state index in [-0.39, 0.29) is 5.91 Å². The number of carbonyl (C=O) groups is 1. The van der Waals surface area contributed by atoms with E-state index >= 15 is 0 Å². The highest BCUT2D eigenvalue weighted by molar-refractivity contribution is 6.31. The molecule has 0 aliphatic rings. The topological polar surface area (TPSA) is 54.0 Å². The molecule has 0 aliphatic heterocycles. The van der Waals surface area contributed by atoms with Crippen molar-refractivity contribution in [3.8, 4) is 0 Å². The number of hydrogen-bond acceptors (Lipinski definition) is 3. The maximum atomic E-state index is 13.2. The molecule has 0 spiro atoms. The molecule has 0 fully saturated rings. The summed E-state index contributed by atoms with van der Waals surface area (Å²) in [6.45, 7) is 1.93. The van der Waals surface area contributed by atoms with E-state index in [0.29, 0.717) is 22.1 Å². The van der Waals surface area contributed by atoms with Gasteiger partial charge in [-0.2, -0.15) is 0 Å². The molecule has 3 rings (SSSR count). The molecule has 0 unspecified atom stereocenters. The van der Waals surface area contributed by atoms with Crippen molar-refractivity contribution in [3.63, 3.8) is 0 Å². The smallest absolute Gasteiger partial charge is 0.257 e. The molecule has 0 saturated carbocycles. The number of nitrogens with zero attached hydrogens (tertiary/aromatic N) is 1. The van der Waals surface area contributed by atoms with Crippen molar-refractivity contribution < 1.29 is 9.18 Å². The zero-order valence-corrected chi connectivity index (χ0v) is 14.1. The van der Waals surface area contributed by atoms with E-state index in [9.17, 15) is 9.18 Å². The van der Waals surface area contributed by atoms with Gasteiger partial charge in [-0.15, -0.1) is 0 Å². The van der Waals surface area contributed by atoms with Gasteiger partial charge in [0, 0.05) is 22.6 Å². The van der Waals surface area contributed by atoms with Crippen LogP contribution in [0.1, 0.15) is 15.9 Å². The maximum absolute atomic E-state index is 13.2. The molecule has 2 aromatic carbocycles. The van der Waals surface area contributed by atoms with Gasteiger partial charge in [0.2, 0.25) is 0 Å². The molecule has 25 heavy (non-hydrogen) atoms. The second-order valence-corrected chi connectivity index (χ2v) is 5.89. The monoisotopic (exact) mass is 355 g/mol. The van der Waals surface area contributed by atoms with E-state index in [1.807, 2.05) is 25.1 Å². The summed E-state index contributed by atoms with van der Waals surface area (Å²) in [6, 6.07) is 14.7. The summed E-state index contributed by atoms with van der Waals surface area (Å²) in [4.78, 5) is 16.4. The lowest BCUT2D eigenvalue weighted by molar-refractivity contribution is 0.102. The molecule has 0 bridgehead atoms. The number of hydrogen-bond donors (Lipinski definition) is 2. The van der Waals surface area contributed by atoms with Gasteiger partial charge in [0.25, 0.3) is 5.91 Å². The van der Waals surface area contributed by atoms with E-state index in [2.05, 4.69) is 15.6 Å². The summed E-state index contributed by atoms with van der Waals surface area (Å²) in [6.07, 6.45) is 1.45. The average Bonchev–Trinajstić information content (AvgIpc) is 2.59. The molecule has 3 aromatic rings. The Morgan fingerprint density at radius 3 is 2.60 bits per heavy atom. The number of nitrogens with one attached hydrogen (secondary N) is 2. The molecule has 4 nitrogen and oxygen atoms in total. The van der Waals surface area contributed by atoms with Gasteiger partial charge >= 0.3 is 0 Å². The van der Waals surface area contributed by atoms with Crippen molar-refractivity contribution in [1.82, 2.24) is 4.98 Å². The van der Waals surface area contributed by atoms with Crippen LogP contribution in [-0.4, -0.2) is 10.9 Å². The van der Waals surface area contributed by atoms with E-state index in [1.54, 1.807) is 18.2 Å². The average molecular weight is 356 g/mol. The van der Waals surface area contributed by atoms with Crippen LogP contribution in [0.2, 0.25) is 5.02 Å². The zero-order chi connectivity index (χ0) is 17.8. The highest BCUT2D eigenvalue weighted by Crippen LogP contribution is 2.22. The van der Waals surface area contributed by atoms with E-state index in [1.165, 1.54) is 24.4 Å². The van der Waals surface area contributed by atoms with Crippen molar-refractivity contribution in [2.24, 2.45) is 0 Å². The lowest BCUT2D eigenvalue weighted by Gasteiger charge is -2.08. The quantitative estimate of drug-likeness (QED) is 0.678. The van der Waals surface area contributed by atoms with Crippen molar-refractivity contribution in [2.45, 2.75) is 6.92 Å². The highest BCUT2D eigenvalue weighted by atomic mass is 35.5. The van der Waals surface area contributed by atoms with Crippen LogP contribution >= 0.6 is 11.6 Å². The number of benzene rings is 2. The standard InChI is InChI=1S/C19H15ClFN3O/c1-12-5-7-16(10-17(12)20)23-18-8-6-13(11-22-18)19(25)24-15-4-2-3-14(21)9-15/h2-11H,1H3,(H,22,23)(H,24,25). The minimum atomic E-state index is -0.410. The molecule has 0 aliphatic carbocycles. The number of halogens is 2. The van der Waals surface area contributed by atoms with Gasteiger partial charge < -0.3 is 10.6 Å². The molecular weight excluding hydrogens is 341 g/mol. The summed E-state index contributed by atoms with van der Waals surface area (Å²) in [5.41, 5.74) is 2.56. The first kappa shape index (κ1) is 16.9. The first-order valence-electron chi connectivity index (χ1n) is 7.57. The Bertz CT molecular complexity index is 913. The Balaban J connectivity index is 1.69. The number of aryl methyl sites for hydroxylation is 1. The van der Waals surface area contributed by atoms with Crippen LogP contribution in [0.5, 0.6) is 0 Å². The van der Waals surface area contributed by atoms with Crippen LogP contribution in [0, 0.1) is 12.7 Å². The van der Waals surface area contributed by atoms with E-state index in [4.69, 9.17) is 11.6 Å². The molecule has 126 valence electrons. The third-order valence-electron chi connectivity index (χ3n) is 3.55. The predicted octanol–water partition coefficient (Wildman–Crippen LogP) is 5.18. The molecule has 6 heteroatoms. The predicted molar refractivity (Wildman–Crippen MR) is 98.1 cm³/mol. The normalized spacial score (nSPS) is 10.4. The summed E-state index contributed by atoms with van der Waals surface area (Å²) >= 11 is 6.09. The van der Waals surface area contributed by atoms with Crippen molar-refractivity contribution >= 4 is 34.7 Å². The largest absolute Gasteiger partial charge is 0.340 e. The zero-order valence-electron chi connectivity index (χ0n) is 13.4. The summed E-state index contributed by atoms with van der Waals surface area (Å²) in [5.74, 6) is -0.183. The number of amides is 1. The number of pyridine rings is 1. The van der Waals surface area contributed by atoms with Crippen LogP contribution in [0.15, 0.2) is 60.8 Å². The fourth-order valence-corrected chi connectivity index (χ4v) is 2.37. The van der Waals surface area contributed by atoms with Crippen LogP contribution < -0.4 is 10.6 Å². The van der Waals surface area contributed by atoms with Gasteiger partial charge in [-0.1, -0.05) is 23.7 Å². The molecule has 0 radical (unpaired) electrons. The first-order chi connectivity index (χ1) is 12.0. The molecule has 2 N–H and O–H groups in total. The maximum Gasteiger partial charge on any atom is 0.257 e.